The first-order valence-corrected chi connectivity index (χ1v) is 10.6. The van der Waals surface area contributed by atoms with Crippen LogP contribution in [0, 0.1) is 5.41 Å². The molecule has 5 rings (SSSR count). The molecule has 0 aromatic heterocycles. The van der Waals surface area contributed by atoms with Crippen molar-refractivity contribution in [2.24, 2.45) is 5.41 Å². The van der Waals surface area contributed by atoms with E-state index in [-0.39, 0.29) is 0 Å². The quantitative estimate of drug-likeness (QED) is 0.439. The maximum Gasteiger partial charge on any atom is -0.00574 e. The van der Waals surface area contributed by atoms with E-state index in [9.17, 15) is 0 Å². The molecular formula is C27H28. The average Bonchev–Trinajstić information content (AvgIpc) is 3.08. The highest BCUT2D eigenvalue weighted by molar-refractivity contribution is 5.90. The van der Waals surface area contributed by atoms with Crippen LogP contribution in [-0.2, 0) is 6.42 Å². The number of allylic oxidation sites excluding steroid dienone is 1. The molecule has 0 spiro atoms. The second-order valence-electron chi connectivity index (χ2n) is 8.70. The summed E-state index contributed by atoms with van der Waals surface area (Å²) in [5.41, 5.74) is 7.99. The number of hydrogen-bond acceptors (Lipinski definition) is 0. The van der Waals surface area contributed by atoms with Crippen molar-refractivity contribution in [2.45, 2.75) is 51.9 Å². The number of benzene rings is 3. The Kier molecular flexibility index (Phi) is 4.16. The van der Waals surface area contributed by atoms with Crippen LogP contribution in [0.1, 0.15) is 56.6 Å². The highest BCUT2D eigenvalue weighted by Gasteiger charge is 2.37. The Hall–Kier alpha value is -2.34. The normalized spacial score (nSPS) is 17.4. The predicted molar refractivity (Wildman–Crippen MR) is 117 cm³/mol. The molecule has 0 heterocycles. The third kappa shape index (κ3) is 3.02. The van der Waals surface area contributed by atoms with Gasteiger partial charge < -0.3 is 0 Å². The molecule has 0 heteroatoms. The van der Waals surface area contributed by atoms with Gasteiger partial charge in [-0.1, -0.05) is 86.0 Å². The maximum absolute atomic E-state index is 2.52. The van der Waals surface area contributed by atoms with Crippen molar-refractivity contribution >= 4 is 16.8 Å². The Balaban J connectivity index is 1.50. The molecule has 0 aliphatic heterocycles. The van der Waals surface area contributed by atoms with Crippen LogP contribution in [0.4, 0.5) is 0 Å². The van der Waals surface area contributed by atoms with Gasteiger partial charge in [0.1, 0.15) is 0 Å². The first-order chi connectivity index (χ1) is 13.3. The second kappa shape index (κ2) is 6.68. The van der Waals surface area contributed by atoms with Crippen LogP contribution >= 0.6 is 0 Å². The topological polar surface area (TPSA) is 0 Å². The summed E-state index contributed by atoms with van der Waals surface area (Å²) < 4.78 is 0. The third-order valence-corrected chi connectivity index (χ3v) is 6.82. The molecule has 2 aliphatic rings. The van der Waals surface area contributed by atoms with Crippen molar-refractivity contribution < 1.29 is 0 Å². The van der Waals surface area contributed by atoms with Gasteiger partial charge in [0.05, 0.1) is 0 Å². The minimum absolute atomic E-state index is 0.617. The summed E-state index contributed by atoms with van der Waals surface area (Å²) in [6.07, 6.45) is 12.0. The lowest BCUT2D eigenvalue weighted by molar-refractivity contribution is 0.118. The standard InChI is InChI=1S/C27H28/c1-2-13-27(14-6-15-27)19-20-16-23-9-5-10-25(26(23)17-20)24-12-11-21-7-3-4-8-22(21)18-24/h3-5,7-12,17-18H,2,6,13-16,19H2,1H3. The molecule has 0 amide bonds. The van der Waals surface area contributed by atoms with Crippen molar-refractivity contribution in [3.63, 3.8) is 0 Å². The molecule has 3 aromatic carbocycles. The summed E-state index contributed by atoms with van der Waals surface area (Å²) in [6.45, 7) is 2.34. The molecule has 0 saturated heterocycles. The molecule has 3 aromatic rings. The number of hydrogen-bond donors (Lipinski definition) is 0. The van der Waals surface area contributed by atoms with Crippen LogP contribution < -0.4 is 0 Å². The largest absolute Gasteiger partial charge is 0.0654 e. The van der Waals surface area contributed by atoms with Crippen molar-refractivity contribution in [1.29, 1.82) is 0 Å². The van der Waals surface area contributed by atoms with Gasteiger partial charge in [0, 0.05) is 0 Å². The summed E-state index contributed by atoms with van der Waals surface area (Å²) in [6, 6.07) is 22.4. The van der Waals surface area contributed by atoms with Crippen molar-refractivity contribution in [3.05, 3.63) is 77.4 Å². The van der Waals surface area contributed by atoms with Gasteiger partial charge in [-0.15, -0.1) is 0 Å². The van der Waals surface area contributed by atoms with E-state index in [0.717, 1.165) is 6.42 Å². The van der Waals surface area contributed by atoms with E-state index in [1.54, 1.807) is 5.57 Å². The van der Waals surface area contributed by atoms with E-state index in [4.69, 9.17) is 0 Å². The molecule has 1 fully saturated rings. The first kappa shape index (κ1) is 16.8. The predicted octanol–water partition coefficient (Wildman–Crippen LogP) is 7.81. The van der Waals surface area contributed by atoms with E-state index in [2.05, 4.69) is 73.7 Å². The maximum atomic E-state index is 2.52. The van der Waals surface area contributed by atoms with Crippen LogP contribution in [0.2, 0.25) is 0 Å². The SMILES string of the molecule is CCCC1(CC2=Cc3c(cccc3-c3ccc4ccccc4c3)C2)CCC1. The Morgan fingerprint density at radius 3 is 2.52 bits per heavy atom. The summed E-state index contributed by atoms with van der Waals surface area (Å²) in [5, 5.41) is 2.64. The summed E-state index contributed by atoms with van der Waals surface area (Å²) in [7, 11) is 0. The molecule has 136 valence electrons. The van der Waals surface area contributed by atoms with Crippen molar-refractivity contribution in [1.82, 2.24) is 0 Å². The zero-order valence-electron chi connectivity index (χ0n) is 16.3. The Morgan fingerprint density at radius 2 is 1.74 bits per heavy atom. The van der Waals surface area contributed by atoms with Crippen LogP contribution in [0.3, 0.4) is 0 Å². The molecule has 2 aliphatic carbocycles. The Morgan fingerprint density at radius 1 is 0.889 bits per heavy atom. The zero-order valence-corrected chi connectivity index (χ0v) is 16.3. The van der Waals surface area contributed by atoms with Gasteiger partial charge in [0.2, 0.25) is 0 Å². The van der Waals surface area contributed by atoms with Gasteiger partial charge in [0.25, 0.3) is 0 Å². The Bertz CT molecular complexity index is 1020. The molecule has 0 radical (unpaired) electrons. The summed E-state index contributed by atoms with van der Waals surface area (Å²) in [4.78, 5) is 0. The van der Waals surface area contributed by atoms with Crippen LogP contribution in [0.25, 0.3) is 28.0 Å². The average molecular weight is 353 g/mol. The van der Waals surface area contributed by atoms with Gasteiger partial charge in [-0.3, -0.25) is 0 Å². The fourth-order valence-corrected chi connectivity index (χ4v) is 5.36. The van der Waals surface area contributed by atoms with Crippen LogP contribution in [0.15, 0.2) is 66.2 Å². The van der Waals surface area contributed by atoms with Crippen molar-refractivity contribution in [2.75, 3.05) is 0 Å². The van der Waals surface area contributed by atoms with Gasteiger partial charge in [0.15, 0.2) is 0 Å². The van der Waals surface area contributed by atoms with Crippen molar-refractivity contribution in [3.8, 4) is 11.1 Å². The van der Waals surface area contributed by atoms with E-state index >= 15 is 0 Å². The second-order valence-corrected chi connectivity index (χ2v) is 8.70. The van der Waals surface area contributed by atoms with E-state index in [1.165, 1.54) is 71.6 Å². The van der Waals surface area contributed by atoms with Gasteiger partial charge in [-0.05, 0) is 76.6 Å². The smallest absolute Gasteiger partial charge is 0.00574 e. The molecular weight excluding hydrogens is 324 g/mol. The van der Waals surface area contributed by atoms with Gasteiger partial charge in [-0.25, -0.2) is 0 Å². The highest BCUT2D eigenvalue weighted by Crippen LogP contribution is 2.51. The van der Waals surface area contributed by atoms with Crippen LogP contribution in [0.5, 0.6) is 0 Å². The summed E-state index contributed by atoms with van der Waals surface area (Å²) in [5.74, 6) is 0. The third-order valence-electron chi connectivity index (χ3n) is 6.82. The van der Waals surface area contributed by atoms with E-state index < -0.39 is 0 Å². The molecule has 0 nitrogen and oxygen atoms in total. The molecule has 27 heavy (non-hydrogen) atoms. The van der Waals surface area contributed by atoms with Gasteiger partial charge >= 0.3 is 0 Å². The lowest BCUT2D eigenvalue weighted by atomic mass is 9.63. The zero-order chi connectivity index (χ0) is 18.3. The molecule has 0 bridgehead atoms. The Labute approximate surface area is 162 Å². The lowest BCUT2D eigenvalue weighted by Gasteiger charge is -2.42. The molecule has 1 saturated carbocycles. The first-order valence-electron chi connectivity index (χ1n) is 10.6. The number of fused-ring (bicyclic) bond motifs is 2. The fraction of sp³-hybridized carbons (Fsp3) is 0.333. The number of rotatable bonds is 5. The monoisotopic (exact) mass is 352 g/mol. The van der Waals surface area contributed by atoms with Crippen LogP contribution in [-0.4, -0.2) is 0 Å². The fourth-order valence-electron chi connectivity index (χ4n) is 5.36. The molecule has 0 N–H and O–H groups in total. The lowest BCUT2D eigenvalue weighted by Crippen LogP contribution is -2.29. The molecule has 0 unspecified atom stereocenters. The minimum atomic E-state index is 0.617. The minimum Gasteiger partial charge on any atom is -0.0654 e. The van der Waals surface area contributed by atoms with Gasteiger partial charge in [-0.2, -0.15) is 0 Å². The van der Waals surface area contributed by atoms with E-state index in [1.807, 2.05) is 0 Å². The highest BCUT2D eigenvalue weighted by atomic mass is 14.4. The van der Waals surface area contributed by atoms with E-state index in [0.29, 0.717) is 5.41 Å². The molecule has 0 atom stereocenters. The summed E-state index contributed by atoms with van der Waals surface area (Å²) >= 11 is 0.